The van der Waals surface area contributed by atoms with E-state index in [0.29, 0.717) is 27.5 Å². The minimum absolute atomic E-state index is 0.0249. The van der Waals surface area contributed by atoms with Gasteiger partial charge in [0.25, 0.3) is 0 Å². The van der Waals surface area contributed by atoms with E-state index in [9.17, 15) is 14.0 Å². The highest BCUT2D eigenvalue weighted by Gasteiger charge is 2.17. The molecule has 12 heteroatoms. The number of halogens is 2. The van der Waals surface area contributed by atoms with Crippen LogP contribution in [0.5, 0.6) is 0 Å². The highest BCUT2D eigenvalue weighted by Crippen LogP contribution is 2.35. The summed E-state index contributed by atoms with van der Waals surface area (Å²) in [7, 11) is 1.62. The zero-order chi connectivity index (χ0) is 21.7. The van der Waals surface area contributed by atoms with Crippen molar-refractivity contribution in [2.45, 2.75) is 19.9 Å². The fraction of sp³-hybridized carbons (Fsp3) is 0.222. The predicted molar refractivity (Wildman–Crippen MR) is 106 cm³/mol. The molecule has 0 radical (unpaired) electrons. The molecular formula is C18H18ClFN8O2. The molecule has 0 bridgehead atoms. The van der Waals surface area contributed by atoms with Crippen LogP contribution >= 0.6 is 11.6 Å². The quantitative estimate of drug-likeness (QED) is 0.529. The van der Waals surface area contributed by atoms with Crippen LogP contribution in [0.3, 0.4) is 0 Å². The number of tetrazole rings is 1. The molecule has 0 spiro atoms. The van der Waals surface area contributed by atoms with Crippen LogP contribution in [0.4, 0.5) is 9.18 Å². The molecule has 3 amide bonds. The van der Waals surface area contributed by atoms with Crippen molar-refractivity contribution in [3.8, 4) is 22.5 Å². The van der Waals surface area contributed by atoms with Gasteiger partial charge >= 0.3 is 6.03 Å². The average molecular weight is 433 g/mol. The molecular weight excluding hydrogens is 415 g/mol. The van der Waals surface area contributed by atoms with Crippen LogP contribution in [0, 0.1) is 5.82 Å². The van der Waals surface area contributed by atoms with Gasteiger partial charge in [0.1, 0.15) is 5.82 Å². The van der Waals surface area contributed by atoms with Gasteiger partial charge in [-0.05, 0) is 22.9 Å². The molecule has 3 aromatic rings. The number of aromatic nitrogens is 5. The summed E-state index contributed by atoms with van der Waals surface area (Å²) in [5, 5.41) is 14.7. The van der Waals surface area contributed by atoms with Crippen LogP contribution in [0.15, 0.2) is 30.5 Å². The highest BCUT2D eigenvalue weighted by molar-refractivity contribution is 6.33. The molecule has 30 heavy (non-hydrogen) atoms. The molecule has 0 aliphatic rings. The number of urea groups is 1. The number of pyridine rings is 1. The zero-order valence-electron chi connectivity index (χ0n) is 16.1. The summed E-state index contributed by atoms with van der Waals surface area (Å²) >= 11 is 6.33. The van der Waals surface area contributed by atoms with Crippen molar-refractivity contribution < 1.29 is 14.0 Å². The first-order valence-corrected chi connectivity index (χ1v) is 9.27. The van der Waals surface area contributed by atoms with Crippen molar-refractivity contribution in [2.75, 3.05) is 0 Å². The summed E-state index contributed by atoms with van der Waals surface area (Å²) in [5.41, 5.74) is 5.93. The van der Waals surface area contributed by atoms with E-state index in [1.807, 2.05) is 0 Å². The lowest BCUT2D eigenvalue weighted by molar-refractivity contribution is -0.121. The highest BCUT2D eigenvalue weighted by atomic mass is 35.5. The lowest BCUT2D eigenvalue weighted by Gasteiger charge is -2.11. The summed E-state index contributed by atoms with van der Waals surface area (Å²) in [6, 6.07) is 5.74. The number of carbonyl (C=O) groups excluding carboxylic acids is 2. The number of nitrogens with one attached hydrogen (secondary N) is 3. The molecule has 0 fully saturated rings. The van der Waals surface area contributed by atoms with Crippen molar-refractivity contribution >= 4 is 23.5 Å². The SMILES string of the molecule is CCC(=O)NNC(=O)NCc1ncc(-c2cccc(Cl)c2-c2nnn(C)n2)cc1F. The van der Waals surface area contributed by atoms with Gasteiger partial charge in [-0.25, -0.2) is 14.6 Å². The van der Waals surface area contributed by atoms with E-state index in [0.717, 1.165) is 0 Å². The van der Waals surface area contributed by atoms with Crippen molar-refractivity contribution in [3.63, 3.8) is 0 Å². The Hall–Kier alpha value is -3.60. The second-order valence-corrected chi connectivity index (χ2v) is 6.53. The summed E-state index contributed by atoms with van der Waals surface area (Å²) < 4.78 is 14.6. The van der Waals surface area contributed by atoms with Crippen LogP contribution < -0.4 is 16.2 Å². The van der Waals surface area contributed by atoms with E-state index in [1.54, 1.807) is 32.2 Å². The Labute approximate surface area is 175 Å². The molecule has 3 rings (SSSR count). The van der Waals surface area contributed by atoms with Gasteiger partial charge in [0, 0.05) is 23.7 Å². The van der Waals surface area contributed by atoms with Gasteiger partial charge in [-0.3, -0.25) is 15.2 Å². The van der Waals surface area contributed by atoms with Gasteiger partial charge in [-0.15, -0.1) is 10.2 Å². The van der Waals surface area contributed by atoms with Crippen LogP contribution in [0.1, 0.15) is 19.0 Å². The Morgan fingerprint density at radius 3 is 2.73 bits per heavy atom. The second kappa shape index (κ2) is 9.27. The smallest absolute Gasteiger partial charge is 0.331 e. The van der Waals surface area contributed by atoms with Gasteiger partial charge in [-0.1, -0.05) is 30.7 Å². The summed E-state index contributed by atoms with van der Waals surface area (Å²) in [6.45, 7) is 1.47. The number of nitrogens with zero attached hydrogens (tertiary/aromatic N) is 5. The fourth-order valence-electron chi connectivity index (χ4n) is 2.54. The number of rotatable bonds is 5. The number of hydrogen-bond acceptors (Lipinski definition) is 6. The van der Waals surface area contributed by atoms with Crippen LogP contribution in [0.25, 0.3) is 22.5 Å². The molecule has 2 heterocycles. The normalized spacial score (nSPS) is 10.5. The largest absolute Gasteiger partial charge is 0.333 e. The second-order valence-electron chi connectivity index (χ2n) is 6.13. The first kappa shape index (κ1) is 21.1. The zero-order valence-corrected chi connectivity index (χ0v) is 16.9. The van der Waals surface area contributed by atoms with Gasteiger partial charge in [0.2, 0.25) is 11.7 Å². The Kier molecular flexibility index (Phi) is 6.52. The molecule has 0 saturated carbocycles. The molecule has 0 saturated heterocycles. The number of amides is 3. The summed E-state index contributed by atoms with van der Waals surface area (Å²) in [6.07, 6.45) is 1.68. The Morgan fingerprint density at radius 1 is 1.27 bits per heavy atom. The molecule has 0 unspecified atom stereocenters. The Morgan fingerprint density at radius 2 is 2.07 bits per heavy atom. The minimum atomic E-state index is -0.687. The monoisotopic (exact) mass is 432 g/mol. The van der Waals surface area contributed by atoms with Crippen molar-refractivity contribution in [2.24, 2.45) is 7.05 Å². The van der Waals surface area contributed by atoms with Crippen molar-refractivity contribution in [3.05, 3.63) is 47.0 Å². The Bertz CT molecular complexity index is 1090. The number of carbonyl (C=O) groups is 2. The first-order chi connectivity index (χ1) is 14.4. The van der Waals surface area contributed by atoms with E-state index in [-0.39, 0.29) is 24.6 Å². The average Bonchev–Trinajstić information content (AvgIpc) is 3.16. The van der Waals surface area contributed by atoms with Crippen LogP contribution in [-0.2, 0) is 18.4 Å². The van der Waals surface area contributed by atoms with Crippen LogP contribution in [0.2, 0.25) is 5.02 Å². The van der Waals surface area contributed by atoms with E-state index in [2.05, 4.69) is 36.6 Å². The van der Waals surface area contributed by atoms with E-state index < -0.39 is 11.8 Å². The molecule has 0 aliphatic heterocycles. The third-order valence-corrected chi connectivity index (χ3v) is 4.34. The lowest BCUT2D eigenvalue weighted by Crippen LogP contribution is -2.46. The van der Waals surface area contributed by atoms with Crippen molar-refractivity contribution in [1.29, 1.82) is 0 Å². The molecule has 3 N–H and O–H groups in total. The number of hydrogen-bond donors (Lipinski definition) is 3. The third kappa shape index (κ3) is 4.87. The third-order valence-electron chi connectivity index (χ3n) is 4.03. The topological polar surface area (TPSA) is 127 Å². The van der Waals surface area contributed by atoms with Crippen molar-refractivity contribution in [1.82, 2.24) is 41.4 Å². The fourth-order valence-corrected chi connectivity index (χ4v) is 2.80. The predicted octanol–water partition coefficient (Wildman–Crippen LogP) is 1.97. The summed E-state index contributed by atoms with van der Waals surface area (Å²) in [5.74, 6) is -0.674. The first-order valence-electron chi connectivity index (χ1n) is 8.89. The van der Waals surface area contributed by atoms with E-state index >= 15 is 0 Å². The van der Waals surface area contributed by atoms with E-state index in [4.69, 9.17) is 11.6 Å². The number of aryl methyl sites for hydroxylation is 1. The van der Waals surface area contributed by atoms with Gasteiger partial charge in [0.05, 0.1) is 24.3 Å². The number of hydrazine groups is 1. The lowest BCUT2D eigenvalue weighted by atomic mass is 10.00. The van der Waals surface area contributed by atoms with Gasteiger partial charge in [-0.2, -0.15) is 4.80 Å². The molecule has 2 aromatic heterocycles. The summed E-state index contributed by atoms with van der Waals surface area (Å²) in [4.78, 5) is 28.2. The maximum Gasteiger partial charge on any atom is 0.333 e. The molecule has 1 aromatic carbocycles. The molecule has 10 nitrogen and oxygen atoms in total. The maximum atomic E-state index is 14.6. The molecule has 0 atom stereocenters. The molecule has 156 valence electrons. The maximum absolute atomic E-state index is 14.6. The van der Waals surface area contributed by atoms with Gasteiger partial charge in [0.15, 0.2) is 0 Å². The van der Waals surface area contributed by atoms with E-state index in [1.165, 1.54) is 17.1 Å². The standard InChI is InChI=1S/C18H18ClFN8O2/c1-3-15(29)23-25-18(30)22-9-14-13(20)7-10(8-21-14)11-5-4-6-12(19)16(11)17-24-27-28(2)26-17/h4-8H,3,9H2,1-2H3,(H,23,29)(H2,22,25,30). The Balaban J connectivity index is 1.79. The minimum Gasteiger partial charge on any atom is -0.331 e. The molecule has 0 aliphatic carbocycles. The van der Waals surface area contributed by atoms with Gasteiger partial charge < -0.3 is 5.32 Å². The van der Waals surface area contributed by atoms with Crippen LogP contribution in [-0.4, -0.2) is 37.1 Å². The number of benzene rings is 1.